The van der Waals surface area contributed by atoms with Crippen LogP contribution in [0.15, 0.2) is 12.2 Å². The molecule has 12 heavy (non-hydrogen) atoms. The highest BCUT2D eigenvalue weighted by atomic mass is 16.5. The molecule has 1 saturated heterocycles. The van der Waals surface area contributed by atoms with Crippen LogP contribution in [0.3, 0.4) is 0 Å². The summed E-state index contributed by atoms with van der Waals surface area (Å²) in [6.45, 7) is 2.30. The summed E-state index contributed by atoms with van der Waals surface area (Å²) in [7, 11) is 0. The average molecular weight is 167 g/mol. The summed E-state index contributed by atoms with van der Waals surface area (Å²) in [6.07, 6.45) is 5.30. The molecule has 0 spiro atoms. The van der Waals surface area contributed by atoms with E-state index in [1.165, 1.54) is 0 Å². The van der Waals surface area contributed by atoms with Crippen molar-refractivity contribution in [2.45, 2.75) is 25.4 Å². The van der Waals surface area contributed by atoms with Crippen molar-refractivity contribution < 1.29 is 9.53 Å². The van der Waals surface area contributed by atoms with Crippen molar-refractivity contribution >= 4 is 5.97 Å². The minimum Gasteiger partial charge on any atom is -0.465 e. The standard InChI is InChI=1S/C9H13NO2/c1-2-12-9(11)8-6-3-4-7(5-6)10-8/h3-4,6-8,10H,2,5H2,1H3/t6-,7+,8-/m0/s1. The lowest BCUT2D eigenvalue weighted by molar-refractivity contribution is -0.146. The summed E-state index contributed by atoms with van der Waals surface area (Å²) in [5.74, 6) is 0.267. The van der Waals surface area contributed by atoms with Crippen molar-refractivity contribution in [1.82, 2.24) is 5.32 Å². The molecule has 1 aliphatic carbocycles. The maximum atomic E-state index is 11.3. The molecule has 0 saturated carbocycles. The normalized spacial score (nSPS) is 37.2. The zero-order chi connectivity index (χ0) is 8.55. The van der Waals surface area contributed by atoms with Crippen molar-refractivity contribution in [3.63, 3.8) is 0 Å². The molecule has 66 valence electrons. The fourth-order valence-electron chi connectivity index (χ4n) is 1.93. The molecule has 1 heterocycles. The van der Waals surface area contributed by atoms with Gasteiger partial charge in [-0.2, -0.15) is 0 Å². The van der Waals surface area contributed by atoms with Gasteiger partial charge in [0.1, 0.15) is 6.04 Å². The fraction of sp³-hybridized carbons (Fsp3) is 0.667. The lowest BCUT2D eigenvalue weighted by Gasteiger charge is -2.17. The Bertz CT molecular complexity index is 225. The minimum absolute atomic E-state index is 0.0834. The van der Waals surface area contributed by atoms with Crippen molar-refractivity contribution in [2.75, 3.05) is 6.61 Å². The molecular weight excluding hydrogens is 154 g/mol. The van der Waals surface area contributed by atoms with Gasteiger partial charge in [-0.3, -0.25) is 10.1 Å². The molecule has 0 aromatic heterocycles. The van der Waals surface area contributed by atoms with Gasteiger partial charge in [0.25, 0.3) is 0 Å². The maximum absolute atomic E-state index is 11.3. The first-order chi connectivity index (χ1) is 5.81. The van der Waals surface area contributed by atoms with Gasteiger partial charge < -0.3 is 4.74 Å². The van der Waals surface area contributed by atoms with Gasteiger partial charge in [0.05, 0.1) is 6.61 Å². The van der Waals surface area contributed by atoms with Gasteiger partial charge in [-0.15, -0.1) is 0 Å². The summed E-state index contributed by atoms with van der Waals surface area (Å²) in [6, 6.07) is 0.323. The van der Waals surface area contributed by atoms with E-state index in [0.29, 0.717) is 18.6 Å². The zero-order valence-corrected chi connectivity index (χ0v) is 7.12. The largest absolute Gasteiger partial charge is 0.465 e. The van der Waals surface area contributed by atoms with Crippen LogP contribution in [0.4, 0.5) is 0 Å². The first-order valence-corrected chi connectivity index (χ1v) is 4.42. The first kappa shape index (κ1) is 7.80. The predicted octanol–water partition coefficient (Wildman–Crippen LogP) is 0.466. The number of carbonyl (C=O) groups excluding carboxylic acids is 1. The Hall–Kier alpha value is -0.830. The van der Waals surface area contributed by atoms with Crippen molar-refractivity contribution in [2.24, 2.45) is 5.92 Å². The van der Waals surface area contributed by atoms with Crippen molar-refractivity contribution in [3.05, 3.63) is 12.2 Å². The van der Waals surface area contributed by atoms with Crippen molar-refractivity contribution in [3.8, 4) is 0 Å². The molecule has 1 fully saturated rings. The SMILES string of the molecule is CCOC(=O)[C@H]1N[C@@H]2C=C[C@H]1C2. The number of nitrogens with one attached hydrogen (secondary N) is 1. The second kappa shape index (κ2) is 2.90. The molecule has 2 bridgehead atoms. The summed E-state index contributed by atoms with van der Waals surface area (Å²) in [5, 5.41) is 3.21. The van der Waals surface area contributed by atoms with Crippen molar-refractivity contribution in [1.29, 1.82) is 0 Å². The zero-order valence-electron chi connectivity index (χ0n) is 7.12. The molecule has 3 atom stereocenters. The Kier molecular flexibility index (Phi) is 1.89. The highest BCUT2D eigenvalue weighted by molar-refractivity contribution is 5.77. The van der Waals surface area contributed by atoms with Crippen LogP contribution in [0, 0.1) is 5.92 Å². The molecular formula is C9H13NO2. The van der Waals surface area contributed by atoms with E-state index < -0.39 is 0 Å². The number of carbonyl (C=O) groups is 1. The van der Waals surface area contributed by atoms with E-state index in [4.69, 9.17) is 4.74 Å². The summed E-state index contributed by atoms with van der Waals surface area (Å²) in [5.41, 5.74) is 0. The van der Waals surface area contributed by atoms with Gasteiger partial charge >= 0.3 is 5.97 Å². The Labute approximate surface area is 71.8 Å². The van der Waals surface area contributed by atoms with Crippen LogP contribution in [-0.4, -0.2) is 24.7 Å². The van der Waals surface area contributed by atoms with E-state index in [-0.39, 0.29) is 12.0 Å². The van der Waals surface area contributed by atoms with Crippen LogP contribution in [0.2, 0.25) is 0 Å². The van der Waals surface area contributed by atoms with Gasteiger partial charge in [0, 0.05) is 12.0 Å². The van der Waals surface area contributed by atoms with Crippen LogP contribution in [0.1, 0.15) is 13.3 Å². The Morgan fingerprint density at radius 2 is 2.50 bits per heavy atom. The van der Waals surface area contributed by atoms with E-state index in [9.17, 15) is 4.79 Å². The van der Waals surface area contributed by atoms with Gasteiger partial charge in [0.2, 0.25) is 0 Å². The van der Waals surface area contributed by atoms with E-state index in [0.717, 1.165) is 6.42 Å². The van der Waals surface area contributed by atoms with Gasteiger partial charge in [-0.1, -0.05) is 12.2 Å². The second-order valence-electron chi connectivity index (χ2n) is 3.29. The number of rotatable bonds is 2. The van der Waals surface area contributed by atoms with E-state index in [1.54, 1.807) is 0 Å². The second-order valence-corrected chi connectivity index (χ2v) is 3.29. The Balaban J connectivity index is 1.98. The van der Waals surface area contributed by atoms with E-state index in [1.807, 2.05) is 6.92 Å². The van der Waals surface area contributed by atoms with Crippen LogP contribution < -0.4 is 5.32 Å². The molecule has 0 unspecified atom stereocenters. The summed E-state index contributed by atoms with van der Waals surface area (Å²) < 4.78 is 4.94. The predicted molar refractivity (Wildman–Crippen MR) is 44.6 cm³/mol. The van der Waals surface area contributed by atoms with Gasteiger partial charge in [-0.25, -0.2) is 0 Å². The van der Waals surface area contributed by atoms with E-state index in [2.05, 4.69) is 17.5 Å². The molecule has 3 heteroatoms. The van der Waals surface area contributed by atoms with Gasteiger partial charge in [-0.05, 0) is 13.3 Å². The quantitative estimate of drug-likeness (QED) is 0.480. The summed E-state index contributed by atoms with van der Waals surface area (Å²) in [4.78, 5) is 11.3. The molecule has 0 radical (unpaired) electrons. The molecule has 0 amide bonds. The smallest absolute Gasteiger partial charge is 0.323 e. The molecule has 3 nitrogen and oxygen atoms in total. The average Bonchev–Trinajstić information content (AvgIpc) is 2.64. The number of ether oxygens (including phenoxy) is 1. The topological polar surface area (TPSA) is 38.3 Å². The Morgan fingerprint density at radius 1 is 1.67 bits per heavy atom. The highest BCUT2D eigenvalue weighted by Crippen LogP contribution is 2.29. The van der Waals surface area contributed by atoms with Crippen LogP contribution in [0.5, 0.6) is 0 Å². The molecule has 2 rings (SSSR count). The third-order valence-electron chi connectivity index (χ3n) is 2.48. The third kappa shape index (κ3) is 1.14. The Morgan fingerprint density at radius 3 is 3.00 bits per heavy atom. The van der Waals surface area contributed by atoms with Gasteiger partial charge in [0.15, 0.2) is 0 Å². The van der Waals surface area contributed by atoms with Crippen LogP contribution >= 0.6 is 0 Å². The highest BCUT2D eigenvalue weighted by Gasteiger charge is 2.39. The molecule has 1 N–H and O–H groups in total. The monoisotopic (exact) mass is 167 g/mol. The molecule has 0 aromatic rings. The number of esters is 1. The molecule has 0 aromatic carbocycles. The first-order valence-electron chi connectivity index (χ1n) is 4.42. The number of hydrogen-bond acceptors (Lipinski definition) is 3. The molecule has 2 aliphatic rings. The minimum atomic E-state index is -0.102. The summed E-state index contributed by atoms with van der Waals surface area (Å²) >= 11 is 0. The fourth-order valence-corrected chi connectivity index (χ4v) is 1.93. The maximum Gasteiger partial charge on any atom is 0.323 e. The number of fused-ring (bicyclic) bond motifs is 2. The van der Waals surface area contributed by atoms with Crippen LogP contribution in [-0.2, 0) is 9.53 Å². The molecule has 1 aliphatic heterocycles. The third-order valence-corrected chi connectivity index (χ3v) is 2.48. The van der Waals surface area contributed by atoms with Crippen LogP contribution in [0.25, 0.3) is 0 Å². The lowest BCUT2D eigenvalue weighted by Crippen LogP contribution is -2.40. The number of hydrogen-bond donors (Lipinski definition) is 1. The lowest BCUT2D eigenvalue weighted by atomic mass is 10.0. The van der Waals surface area contributed by atoms with E-state index >= 15 is 0 Å².